The van der Waals surface area contributed by atoms with Gasteiger partial charge in [-0.2, -0.15) is 0 Å². The molecule has 0 saturated carbocycles. The summed E-state index contributed by atoms with van der Waals surface area (Å²) in [6.07, 6.45) is 0.987. The first-order valence-electron chi connectivity index (χ1n) is 11.9. The maximum atomic E-state index is 12.8. The van der Waals surface area contributed by atoms with Crippen LogP contribution >= 0.6 is 0 Å². The number of pyridine rings is 1. The van der Waals surface area contributed by atoms with Gasteiger partial charge in [-0.05, 0) is 60.9 Å². The number of carbonyl (C=O) groups is 2. The van der Waals surface area contributed by atoms with Crippen molar-refractivity contribution < 1.29 is 19.4 Å². The molecule has 0 bridgehead atoms. The Bertz CT molecular complexity index is 1470. The van der Waals surface area contributed by atoms with Gasteiger partial charge in [0.25, 0.3) is 5.91 Å². The lowest BCUT2D eigenvalue weighted by Crippen LogP contribution is -2.21. The van der Waals surface area contributed by atoms with Gasteiger partial charge in [-0.1, -0.05) is 36.4 Å². The normalized spacial score (nSPS) is 15.2. The second-order valence-corrected chi connectivity index (χ2v) is 9.01. The van der Waals surface area contributed by atoms with Crippen LogP contribution in [0.4, 0.5) is 11.5 Å². The van der Waals surface area contributed by atoms with Gasteiger partial charge in [0.1, 0.15) is 11.6 Å². The minimum absolute atomic E-state index is 0.155. The number of methoxy groups -OCH3 is 1. The third-order valence-electron chi connectivity index (χ3n) is 6.78. The second kappa shape index (κ2) is 9.70. The highest BCUT2D eigenvalue weighted by molar-refractivity contribution is 6.09. The first kappa shape index (κ1) is 23.4. The number of hydrogen-bond donors (Lipinski definition) is 2. The van der Waals surface area contributed by atoms with Gasteiger partial charge in [0.15, 0.2) is 0 Å². The van der Waals surface area contributed by atoms with Crippen LogP contribution in [0.5, 0.6) is 5.75 Å². The van der Waals surface area contributed by atoms with E-state index in [4.69, 9.17) is 9.72 Å². The van der Waals surface area contributed by atoms with E-state index < -0.39 is 5.97 Å². The molecule has 182 valence electrons. The summed E-state index contributed by atoms with van der Waals surface area (Å²) < 4.78 is 5.28. The number of nitrogens with one attached hydrogen (secondary N) is 1. The van der Waals surface area contributed by atoms with Gasteiger partial charge < -0.3 is 20.1 Å². The lowest BCUT2D eigenvalue weighted by atomic mass is 9.94. The Morgan fingerprint density at radius 3 is 2.58 bits per heavy atom. The molecule has 7 nitrogen and oxygen atoms in total. The maximum absolute atomic E-state index is 12.8. The number of benzene rings is 3. The van der Waals surface area contributed by atoms with E-state index in [1.807, 2.05) is 6.07 Å². The smallest absolute Gasteiger partial charge is 0.336 e. The fourth-order valence-corrected chi connectivity index (χ4v) is 4.93. The van der Waals surface area contributed by atoms with E-state index in [-0.39, 0.29) is 11.5 Å². The van der Waals surface area contributed by atoms with Crippen molar-refractivity contribution in [2.45, 2.75) is 19.3 Å². The molecule has 0 spiro atoms. The standard InChI is InChI=1S/C29H27N3O4/c1-18-7-3-4-8-21(18)19-13-14-32(17-19)27-16-24(29(34)35)23-15-20(11-12-25(23)31-27)30-28(33)22-9-5-6-10-26(22)36-2/h3-12,15-16,19H,13-14,17H2,1-2H3,(H,30,33)(H,34,35)/t19-/m1/s1. The molecule has 3 aromatic carbocycles. The minimum Gasteiger partial charge on any atom is -0.496 e. The zero-order chi connectivity index (χ0) is 25.2. The molecule has 4 aromatic rings. The van der Waals surface area contributed by atoms with Gasteiger partial charge in [-0.3, -0.25) is 4.79 Å². The van der Waals surface area contributed by atoms with E-state index in [9.17, 15) is 14.7 Å². The third kappa shape index (κ3) is 4.47. The molecule has 1 aromatic heterocycles. The fraction of sp³-hybridized carbons (Fsp3) is 0.207. The van der Waals surface area contributed by atoms with Crippen molar-refractivity contribution in [2.24, 2.45) is 0 Å². The third-order valence-corrected chi connectivity index (χ3v) is 6.78. The number of carboxylic acids is 1. The summed E-state index contributed by atoms with van der Waals surface area (Å²) in [4.78, 5) is 32.0. The number of aromatic nitrogens is 1. The first-order valence-corrected chi connectivity index (χ1v) is 11.9. The van der Waals surface area contributed by atoms with Crippen LogP contribution in [0.25, 0.3) is 10.9 Å². The predicted molar refractivity (Wildman–Crippen MR) is 140 cm³/mol. The summed E-state index contributed by atoms with van der Waals surface area (Å²) >= 11 is 0. The Labute approximate surface area is 209 Å². The fourth-order valence-electron chi connectivity index (χ4n) is 4.93. The molecule has 1 fully saturated rings. The highest BCUT2D eigenvalue weighted by Crippen LogP contribution is 2.34. The summed E-state index contributed by atoms with van der Waals surface area (Å²) in [6, 6.07) is 22.1. The van der Waals surface area contributed by atoms with E-state index >= 15 is 0 Å². The molecule has 2 N–H and O–H groups in total. The van der Waals surface area contributed by atoms with Crippen LogP contribution in [0.15, 0.2) is 72.8 Å². The molecule has 1 aliphatic rings. The van der Waals surface area contributed by atoms with E-state index in [1.54, 1.807) is 48.5 Å². The quantitative estimate of drug-likeness (QED) is 0.378. The van der Waals surface area contributed by atoms with Crippen molar-refractivity contribution in [3.63, 3.8) is 0 Å². The molecular weight excluding hydrogens is 454 g/mol. The molecule has 0 radical (unpaired) electrons. The van der Waals surface area contributed by atoms with Gasteiger partial charge in [-0.25, -0.2) is 9.78 Å². The van der Waals surface area contributed by atoms with Crippen LogP contribution in [0.1, 0.15) is 44.2 Å². The van der Waals surface area contributed by atoms with Crippen molar-refractivity contribution in [2.75, 3.05) is 30.4 Å². The summed E-state index contributed by atoms with van der Waals surface area (Å²) in [6.45, 7) is 3.72. The molecule has 2 heterocycles. The number of carbonyl (C=O) groups excluding carboxylic acids is 1. The Kier molecular flexibility index (Phi) is 6.29. The van der Waals surface area contributed by atoms with Gasteiger partial charge in [0.2, 0.25) is 0 Å². The summed E-state index contributed by atoms with van der Waals surface area (Å²) in [5.41, 5.74) is 4.20. The average molecular weight is 482 g/mol. The SMILES string of the molecule is COc1ccccc1C(=O)Nc1ccc2nc(N3CC[C@@H](c4ccccc4C)C3)cc(C(=O)O)c2c1. The van der Waals surface area contributed by atoms with Gasteiger partial charge in [-0.15, -0.1) is 0 Å². The van der Waals surface area contributed by atoms with Gasteiger partial charge in [0, 0.05) is 30.1 Å². The highest BCUT2D eigenvalue weighted by Gasteiger charge is 2.27. The number of para-hydroxylation sites is 1. The molecule has 7 heteroatoms. The molecular formula is C29H27N3O4. The first-order chi connectivity index (χ1) is 17.4. The van der Waals surface area contributed by atoms with Crippen LogP contribution in [0.3, 0.4) is 0 Å². The van der Waals surface area contributed by atoms with E-state index in [0.29, 0.717) is 39.6 Å². The van der Waals surface area contributed by atoms with Crippen molar-refractivity contribution in [3.8, 4) is 5.75 Å². The molecule has 1 amide bonds. The van der Waals surface area contributed by atoms with Crippen molar-refractivity contribution in [1.29, 1.82) is 0 Å². The summed E-state index contributed by atoms with van der Waals surface area (Å²) in [5, 5.41) is 13.3. The molecule has 1 aliphatic heterocycles. The van der Waals surface area contributed by atoms with Crippen molar-refractivity contribution in [1.82, 2.24) is 4.98 Å². The van der Waals surface area contributed by atoms with Gasteiger partial charge >= 0.3 is 5.97 Å². The number of anilines is 2. The number of ether oxygens (including phenoxy) is 1. The number of rotatable bonds is 6. The molecule has 0 unspecified atom stereocenters. The van der Waals surface area contributed by atoms with Crippen LogP contribution in [0.2, 0.25) is 0 Å². The van der Waals surface area contributed by atoms with Crippen molar-refractivity contribution in [3.05, 3.63) is 95.1 Å². The average Bonchev–Trinajstić information content (AvgIpc) is 3.38. The maximum Gasteiger partial charge on any atom is 0.336 e. The lowest BCUT2D eigenvalue weighted by Gasteiger charge is -2.20. The minimum atomic E-state index is -1.04. The lowest BCUT2D eigenvalue weighted by molar-refractivity contribution is 0.0698. The monoisotopic (exact) mass is 481 g/mol. The summed E-state index contributed by atoms with van der Waals surface area (Å²) in [5.74, 6) is 0.119. The molecule has 0 aliphatic carbocycles. The molecule has 1 saturated heterocycles. The Morgan fingerprint density at radius 1 is 1.03 bits per heavy atom. The Morgan fingerprint density at radius 2 is 1.81 bits per heavy atom. The highest BCUT2D eigenvalue weighted by atomic mass is 16.5. The largest absolute Gasteiger partial charge is 0.496 e. The number of aryl methyl sites for hydroxylation is 1. The van der Waals surface area contributed by atoms with Crippen molar-refractivity contribution >= 4 is 34.3 Å². The van der Waals surface area contributed by atoms with Crippen LogP contribution < -0.4 is 15.0 Å². The Hall–Kier alpha value is -4.39. The number of aromatic carboxylic acids is 1. The summed E-state index contributed by atoms with van der Waals surface area (Å²) in [7, 11) is 1.51. The topological polar surface area (TPSA) is 91.8 Å². The Balaban J connectivity index is 1.43. The number of amides is 1. The number of hydrogen-bond acceptors (Lipinski definition) is 5. The molecule has 36 heavy (non-hydrogen) atoms. The zero-order valence-corrected chi connectivity index (χ0v) is 20.2. The zero-order valence-electron chi connectivity index (χ0n) is 20.2. The predicted octanol–water partition coefficient (Wildman–Crippen LogP) is 5.50. The number of nitrogens with zero attached hydrogens (tertiary/aromatic N) is 2. The van der Waals surface area contributed by atoms with Crippen LogP contribution in [0, 0.1) is 6.92 Å². The number of carboxylic acid groups (broad SMARTS) is 1. The van der Waals surface area contributed by atoms with Gasteiger partial charge in [0.05, 0.1) is 23.8 Å². The van der Waals surface area contributed by atoms with E-state index in [2.05, 4.69) is 35.3 Å². The molecule has 5 rings (SSSR count). The van der Waals surface area contributed by atoms with Crippen LogP contribution in [-0.4, -0.2) is 42.2 Å². The molecule has 1 atom stereocenters. The van der Waals surface area contributed by atoms with E-state index in [1.165, 1.54) is 18.2 Å². The second-order valence-electron chi connectivity index (χ2n) is 9.01. The van der Waals surface area contributed by atoms with Crippen LogP contribution in [-0.2, 0) is 0 Å². The van der Waals surface area contributed by atoms with E-state index in [0.717, 1.165) is 19.5 Å². The number of fused-ring (bicyclic) bond motifs is 1.